The van der Waals surface area contributed by atoms with E-state index in [1.54, 1.807) is 32.2 Å². The maximum absolute atomic E-state index is 14.4. The summed E-state index contributed by atoms with van der Waals surface area (Å²) in [5.41, 5.74) is 11.7. The summed E-state index contributed by atoms with van der Waals surface area (Å²) < 4.78 is 0. The summed E-state index contributed by atoms with van der Waals surface area (Å²) in [5.74, 6) is -4.73. The van der Waals surface area contributed by atoms with Crippen molar-refractivity contribution in [3.63, 3.8) is 0 Å². The Bertz CT molecular complexity index is 2010. The molecule has 1 aromatic heterocycles. The van der Waals surface area contributed by atoms with Crippen LogP contribution in [0.5, 0.6) is 5.75 Å². The number of fused-ring (bicyclic) bond motifs is 1. The number of hydrogen-bond acceptors (Lipinski definition) is 9. The first-order valence-corrected chi connectivity index (χ1v) is 17.1. The van der Waals surface area contributed by atoms with Crippen LogP contribution < -0.4 is 22.1 Å². The van der Waals surface area contributed by atoms with Gasteiger partial charge in [-0.2, -0.15) is 0 Å². The number of aromatic hydroxyl groups is 1. The Balaban J connectivity index is 1.77. The minimum absolute atomic E-state index is 0.0132. The number of carbonyl (C=O) groups is 4. The number of para-hydroxylation sites is 1. The van der Waals surface area contributed by atoms with E-state index in [0.29, 0.717) is 39.6 Å². The molecule has 3 aromatic rings. The molecule has 1 fully saturated rings. The molecule has 10 N–H and O–H groups in total. The van der Waals surface area contributed by atoms with Gasteiger partial charge in [0.05, 0.1) is 29.1 Å². The zero-order chi connectivity index (χ0) is 39.4. The van der Waals surface area contributed by atoms with Crippen LogP contribution in [0, 0.1) is 0 Å². The Kier molecular flexibility index (Phi) is 12.5. The number of guanidine groups is 1. The SMILES string of the molecule is C=C(C)c1cnc2ccccc2c1-c1cc(C(=O)NC(C(=O)N2CC[C@@](C)(O)[C@H]2C(=O)N/C(C(=O)O)=C(\C)CC)C(Cl)C(O)CN=C(N)N)ccc1O. The molecule has 1 saturated heterocycles. The van der Waals surface area contributed by atoms with Gasteiger partial charge in [-0.1, -0.05) is 31.7 Å². The van der Waals surface area contributed by atoms with Crippen LogP contribution in [-0.4, -0.2) is 102 Å². The minimum Gasteiger partial charge on any atom is -0.507 e. The number of amides is 3. The van der Waals surface area contributed by atoms with Gasteiger partial charge in [0.25, 0.3) is 5.91 Å². The van der Waals surface area contributed by atoms with Crippen molar-refractivity contribution in [2.24, 2.45) is 16.5 Å². The molecular formula is C37H44ClN7O8. The van der Waals surface area contributed by atoms with Crippen LogP contribution in [0.25, 0.3) is 27.6 Å². The normalized spacial score (nSPS) is 19.1. The standard InChI is InChI=1S/C37H44ClN7O8/c1-6-19(4)29(35(51)52)43-33(49)31-37(5,53)13-14-45(31)34(50)30(28(38)26(47)17-42-36(39)40)44-32(48)20-11-12-25(46)22(15-20)27-21-9-7-8-10-24(21)41-16-23(27)18(2)3/h7-12,15-16,26,28,30-31,46-47,53H,2,6,13-14,17H2,1,3-5H3,(H,43,49)(H,44,48)(H,51,52)(H4,39,40,42)/b29-19+/t26?,28?,30?,31-,37-/m1/s1. The first-order valence-electron chi connectivity index (χ1n) is 16.7. The quantitative estimate of drug-likeness (QED) is 0.0544. The fraction of sp³-hybridized carbons (Fsp3) is 0.351. The Labute approximate surface area is 311 Å². The van der Waals surface area contributed by atoms with Crippen molar-refractivity contribution >= 4 is 57.7 Å². The van der Waals surface area contributed by atoms with Gasteiger partial charge in [0.15, 0.2) is 5.96 Å². The number of aliphatic hydroxyl groups is 2. The Morgan fingerprint density at radius 2 is 1.85 bits per heavy atom. The monoisotopic (exact) mass is 749 g/mol. The highest BCUT2D eigenvalue weighted by Crippen LogP contribution is 2.39. The van der Waals surface area contributed by atoms with E-state index < -0.39 is 65.1 Å². The number of rotatable bonds is 13. The first kappa shape index (κ1) is 40.3. The number of carbonyl (C=O) groups excluding carboxylic acids is 3. The number of nitrogens with one attached hydrogen (secondary N) is 2. The van der Waals surface area contributed by atoms with Crippen molar-refractivity contribution in [2.45, 2.75) is 69.7 Å². The van der Waals surface area contributed by atoms with Crippen LogP contribution in [0.2, 0.25) is 0 Å². The summed E-state index contributed by atoms with van der Waals surface area (Å²) in [6.07, 6.45) is 0.222. The second-order valence-electron chi connectivity index (χ2n) is 13.1. The predicted octanol–water partition coefficient (Wildman–Crippen LogP) is 2.22. The third-order valence-corrected chi connectivity index (χ3v) is 9.72. The molecule has 16 heteroatoms. The van der Waals surface area contributed by atoms with Gasteiger partial charge < -0.3 is 47.4 Å². The van der Waals surface area contributed by atoms with E-state index in [1.165, 1.54) is 32.0 Å². The number of nitrogens with two attached hydrogens (primary N) is 2. The average molecular weight is 750 g/mol. The Morgan fingerprint density at radius 3 is 2.47 bits per heavy atom. The molecule has 282 valence electrons. The van der Waals surface area contributed by atoms with E-state index in [2.05, 4.69) is 27.2 Å². The summed E-state index contributed by atoms with van der Waals surface area (Å²) in [5, 5.41) is 47.0. The number of benzene rings is 2. The number of aliphatic imine (C=N–C) groups is 1. The number of aliphatic carboxylic acids is 1. The van der Waals surface area contributed by atoms with E-state index in [4.69, 9.17) is 23.1 Å². The Morgan fingerprint density at radius 1 is 1.17 bits per heavy atom. The number of likely N-dealkylation sites (tertiary alicyclic amines) is 1. The summed E-state index contributed by atoms with van der Waals surface area (Å²) in [6.45, 7) is 9.72. The molecule has 0 radical (unpaired) electrons. The number of pyridine rings is 1. The summed E-state index contributed by atoms with van der Waals surface area (Å²) in [7, 11) is 0. The van der Waals surface area contributed by atoms with Crippen LogP contribution in [0.4, 0.5) is 0 Å². The number of aliphatic hydroxyl groups excluding tert-OH is 1. The molecule has 2 aromatic carbocycles. The molecule has 0 saturated carbocycles. The number of carboxylic acid groups (broad SMARTS) is 1. The predicted molar refractivity (Wildman–Crippen MR) is 201 cm³/mol. The van der Waals surface area contributed by atoms with Crippen LogP contribution in [0.3, 0.4) is 0 Å². The molecule has 0 aliphatic carbocycles. The Hall–Kier alpha value is -5.51. The van der Waals surface area contributed by atoms with Gasteiger partial charge in [0.2, 0.25) is 11.8 Å². The number of allylic oxidation sites excluding steroid dienone is 2. The molecule has 15 nitrogen and oxygen atoms in total. The molecule has 0 spiro atoms. The van der Waals surface area contributed by atoms with E-state index in [0.717, 1.165) is 4.90 Å². The lowest BCUT2D eigenvalue weighted by molar-refractivity contribution is -0.145. The number of phenols is 1. The third-order valence-electron chi connectivity index (χ3n) is 9.17. The molecule has 1 aliphatic rings. The van der Waals surface area contributed by atoms with Crippen molar-refractivity contribution in [1.82, 2.24) is 20.5 Å². The van der Waals surface area contributed by atoms with Gasteiger partial charge in [0, 0.05) is 40.4 Å². The maximum Gasteiger partial charge on any atom is 0.352 e. The largest absolute Gasteiger partial charge is 0.507 e. The fourth-order valence-corrected chi connectivity index (χ4v) is 6.41. The average Bonchev–Trinajstić information content (AvgIpc) is 3.44. The smallest absolute Gasteiger partial charge is 0.352 e. The highest BCUT2D eigenvalue weighted by molar-refractivity contribution is 6.23. The van der Waals surface area contributed by atoms with E-state index in [-0.39, 0.29) is 35.8 Å². The van der Waals surface area contributed by atoms with Gasteiger partial charge >= 0.3 is 5.97 Å². The van der Waals surface area contributed by atoms with E-state index in [1.807, 2.05) is 12.1 Å². The van der Waals surface area contributed by atoms with Crippen molar-refractivity contribution in [2.75, 3.05) is 13.1 Å². The second kappa shape index (κ2) is 16.4. The van der Waals surface area contributed by atoms with Gasteiger partial charge in [-0.05, 0) is 69.0 Å². The highest BCUT2D eigenvalue weighted by atomic mass is 35.5. The first-order chi connectivity index (χ1) is 24.9. The van der Waals surface area contributed by atoms with Crippen molar-refractivity contribution in [3.8, 4) is 16.9 Å². The molecule has 4 rings (SSSR count). The van der Waals surface area contributed by atoms with Gasteiger partial charge in [-0.25, -0.2) is 4.79 Å². The zero-order valence-electron chi connectivity index (χ0n) is 29.8. The summed E-state index contributed by atoms with van der Waals surface area (Å²) in [6, 6.07) is 7.94. The lowest BCUT2D eigenvalue weighted by atomic mass is 9.91. The number of halogens is 1. The molecule has 1 aliphatic heterocycles. The van der Waals surface area contributed by atoms with Gasteiger partial charge in [-0.3, -0.25) is 24.4 Å². The van der Waals surface area contributed by atoms with Crippen LogP contribution in [-0.2, 0) is 14.4 Å². The molecule has 2 heterocycles. The molecule has 0 bridgehead atoms. The van der Waals surface area contributed by atoms with Crippen molar-refractivity contribution in [3.05, 3.63) is 77.6 Å². The highest BCUT2D eigenvalue weighted by Gasteiger charge is 2.52. The number of alkyl halides is 1. The van der Waals surface area contributed by atoms with Crippen LogP contribution in [0.1, 0.15) is 56.5 Å². The number of hydrogen-bond donors (Lipinski definition) is 8. The van der Waals surface area contributed by atoms with Crippen molar-refractivity contribution < 1.29 is 39.6 Å². The van der Waals surface area contributed by atoms with Crippen LogP contribution in [0.15, 0.2) is 71.5 Å². The van der Waals surface area contributed by atoms with Gasteiger partial charge in [0.1, 0.15) is 23.5 Å². The molecule has 53 heavy (non-hydrogen) atoms. The maximum atomic E-state index is 14.4. The number of aromatic nitrogens is 1. The van der Waals surface area contributed by atoms with Crippen LogP contribution >= 0.6 is 11.6 Å². The molecule has 5 atom stereocenters. The second-order valence-corrected chi connectivity index (χ2v) is 13.7. The third kappa shape index (κ3) is 8.76. The molecule has 3 unspecified atom stereocenters. The lowest BCUT2D eigenvalue weighted by Crippen LogP contribution is -2.61. The number of phenolic OH excluding ortho intramolecular Hbond substituents is 1. The fourth-order valence-electron chi connectivity index (χ4n) is 6.16. The van der Waals surface area contributed by atoms with E-state index >= 15 is 0 Å². The summed E-state index contributed by atoms with van der Waals surface area (Å²) in [4.78, 5) is 63.2. The number of carboxylic acids is 1. The molecular weight excluding hydrogens is 706 g/mol. The summed E-state index contributed by atoms with van der Waals surface area (Å²) >= 11 is 6.68. The zero-order valence-corrected chi connectivity index (χ0v) is 30.5. The number of nitrogens with zero attached hydrogens (tertiary/aromatic N) is 3. The minimum atomic E-state index is -1.82. The van der Waals surface area contributed by atoms with Crippen molar-refractivity contribution in [1.29, 1.82) is 0 Å². The topological polar surface area (TPSA) is 254 Å². The van der Waals surface area contributed by atoms with E-state index in [9.17, 15) is 39.6 Å². The van der Waals surface area contributed by atoms with Gasteiger partial charge in [-0.15, -0.1) is 11.6 Å². The lowest BCUT2D eigenvalue weighted by Gasteiger charge is -2.34. The molecule has 3 amide bonds.